The third-order valence-corrected chi connectivity index (χ3v) is 10.4. The van der Waals surface area contributed by atoms with E-state index in [-0.39, 0.29) is 25.8 Å². The highest BCUT2D eigenvalue weighted by Gasteiger charge is 2.26. The maximum Gasteiger partial charge on any atom is 0.472 e. The average Bonchev–Trinajstić information content (AvgIpc) is 3.13. The van der Waals surface area contributed by atoms with Crippen LogP contribution in [0.5, 0.6) is 0 Å². The maximum absolute atomic E-state index is 12.7. The number of ether oxygens (including phenoxy) is 2. The van der Waals surface area contributed by atoms with Crippen LogP contribution in [0.2, 0.25) is 0 Å². The lowest BCUT2D eigenvalue weighted by Gasteiger charge is -2.24. The summed E-state index contributed by atoms with van der Waals surface area (Å²) in [4.78, 5) is 22.9. The smallest absolute Gasteiger partial charge is 0.457 e. The zero-order chi connectivity index (χ0) is 40.6. The van der Waals surface area contributed by atoms with Gasteiger partial charge in [-0.25, -0.2) is 4.57 Å². The summed E-state index contributed by atoms with van der Waals surface area (Å²) < 4.78 is 35.0. The molecule has 9 heteroatoms. The van der Waals surface area contributed by atoms with Gasteiger partial charge in [0.2, 0.25) is 0 Å². The summed E-state index contributed by atoms with van der Waals surface area (Å²) in [6.45, 7) is 5.49. The molecule has 0 aliphatic carbocycles. The molecule has 0 saturated carbocycles. The summed E-state index contributed by atoms with van der Waals surface area (Å²) in [5.74, 6) is -0.336. The second-order valence-corrected chi connectivity index (χ2v) is 17.5. The second-order valence-electron chi connectivity index (χ2n) is 16.1. The van der Waals surface area contributed by atoms with Crippen molar-refractivity contribution >= 4 is 13.8 Å². The molecule has 2 unspecified atom stereocenters. The number of quaternary nitrogens is 1. The van der Waals surface area contributed by atoms with E-state index in [0.717, 1.165) is 70.6 Å². The largest absolute Gasteiger partial charge is 0.472 e. The highest BCUT2D eigenvalue weighted by atomic mass is 31.2. The quantitative estimate of drug-likeness (QED) is 0.0217. The number of phosphoric ester groups is 1. The van der Waals surface area contributed by atoms with E-state index in [1.807, 2.05) is 21.1 Å². The van der Waals surface area contributed by atoms with Crippen LogP contribution in [0, 0.1) is 0 Å². The standard InChI is InChI=1S/C46H86NO7P/c1-6-8-10-12-14-16-18-20-22-24-25-27-29-31-33-35-37-39-46(48)54-45(44-53-55(49,50)52-42-40-47(3,4)5)43-51-41-38-36-34-32-30-28-26-23-21-19-17-15-13-11-9-7-2/h8,10,14,16,20,22,25,27,45H,6-7,9,11-13,15,17-19,21,23-24,26,28-44H2,1-5H3/p+1/b10-8-,16-14-,22-20-,27-25-. The fourth-order valence-corrected chi connectivity index (χ4v) is 6.70. The first kappa shape index (κ1) is 53.5. The topological polar surface area (TPSA) is 91.3 Å². The lowest BCUT2D eigenvalue weighted by molar-refractivity contribution is -0.870. The van der Waals surface area contributed by atoms with Crippen LogP contribution in [-0.4, -0.2) is 75.6 Å². The molecule has 0 aliphatic heterocycles. The first-order valence-corrected chi connectivity index (χ1v) is 23.9. The molecule has 0 bridgehead atoms. The highest BCUT2D eigenvalue weighted by Crippen LogP contribution is 2.43. The number of hydrogen-bond donors (Lipinski definition) is 1. The van der Waals surface area contributed by atoms with E-state index in [4.69, 9.17) is 18.5 Å². The van der Waals surface area contributed by atoms with Crippen molar-refractivity contribution in [3.8, 4) is 0 Å². The normalized spacial score (nSPS) is 14.2. The molecular weight excluding hydrogens is 709 g/mol. The van der Waals surface area contributed by atoms with Crippen LogP contribution in [0.4, 0.5) is 0 Å². The summed E-state index contributed by atoms with van der Waals surface area (Å²) in [5.41, 5.74) is 0. The monoisotopic (exact) mass is 797 g/mol. The van der Waals surface area contributed by atoms with Crippen LogP contribution < -0.4 is 0 Å². The summed E-state index contributed by atoms with van der Waals surface area (Å²) in [6.07, 6.45) is 47.1. The molecule has 0 aromatic carbocycles. The van der Waals surface area contributed by atoms with Crippen LogP contribution >= 0.6 is 7.82 Å². The summed E-state index contributed by atoms with van der Waals surface area (Å²) in [6, 6.07) is 0. The molecule has 0 aromatic heterocycles. The van der Waals surface area contributed by atoms with E-state index in [1.54, 1.807) is 0 Å². The van der Waals surface area contributed by atoms with Crippen LogP contribution in [0.15, 0.2) is 48.6 Å². The van der Waals surface area contributed by atoms with Crippen molar-refractivity contribution in [3.05, 3.63) is 48.6 Å². The van der Waals surface area contributed by atoms with Gasteiger partial charge in [0.05, 0.1) is 34.4 Å². The molecule has 8 nitrogen and oxygen atoms in total. The van der Waals surface area contributed by atoms with Gasteiger partial charge in [-0.15, -0.1) is 0 Å². The number of esters is 1. The number of allylic oxidation sites excluding steroid dienone is 8. The van der Waals surface area contributed by atoms with Crippen molar-refractivity contribution in [2.24, 2.45) is 0 Å². The highest BCUT2D eigenvalue weighted by molar-refractivity contribution is 7.47. The molecule has 0 radical (unpaired) electrons. The Morgan fingerprint density at radius 1 is 0.582 bits per heavy atom. The molecule has 55 heavy (non-hydrogen) atoms. The van der Waals surface area contributed by atoms with Crippen molar-refractivity contribution in [1.29, 1.82) is 0 Å². The molecule has 0 fully saturated rings. The van der Waals surface area contributed by atoms with E-state index < -0.39 is 13.9 Å². The second kappa shape index (κ2) is 39.3. The van der Waals surface area contributed by atoms with Crippen molar-refractivity contribution in [1.82, 2.24) is 0 Å². The summed E-state index contributed by atoms with van der Waals surface area (Å²) in [7, 11) is 1.65. The van der Waals surface area contributed by atoms with Gasteiger partial charge in [-0.3, -0.25) is 13.8 Å². The van der Waals surface area contributed by atoms with Crippen molar-refractivity contribution < 1.29 is 37.3 Å². The zero-order valence-corrected chi connectivity index (χ0v) is 37.3. The van der Waals surface area contributed by atoms with E-state index in [9.17, 15) is 14.3 Å². The van der Waals surface area contributed by atoms with Crippen LogP contribution in [0.3, 0.4) is 0 Å². The Hall–Kier alpha value is -1.54. The van der Waals surface area contributed by atoms with E-state index in [0.29, 0.717) is 24.1 Å². The van der Waals surface area contributed by atoms with Crippen LogP contribution in [-0.2, 0) is 27.9 Å². The van der Waals surface area contributed by atoms with E-state index >= 15 is 0 Å². The Morgan fingerprint density at radius 2 is 1.05 bits per heavy atom. The molecule has 0 saturated heterocycles. The van der Waals surface area contributed by atoms with Gasteiger partial charge in [0, 0.05) is 13.0 Å². The summed E-state index contributed by atoms with van der Waals surface area (Å²) >= 11 is 0. The number of unbranched alkanes of at least 4 members (excludes halogenated alkanes) is 19. The van der Waals surface area contributed by atoms with E-state index in [2.05, 4.69) is 62.5 Å². The number of rotatable bonds is 41. The molecule has 0 amide bonds. The van der Waals surface area contributed by atoms with Crippen molar-refractivity contribution in [2.45, 2.75) is 187 Å². The van der Waals surface area contributed by atoms with Gasteiger partial charge in [-0.2, -0.15) is 0 Å². The Morgan fingerprint density at radius 3 is 1.58 bits per heavy atom. The van der Waals surface area contributed by atoms with Crippen LogP contribution in [0.25, 0.3) is 0 Å². The van der Waals surface area contributed by atoms with Gasteiger partial charge in [0.1, 0.15) is 19.3 Å². The SMILES string of the molecule is CC/C=C\C/C=C\C/C=C\C/C=C\CCCCCCC(=O)OC(COCCCCCCCCCCCCCCCCCC)COP(=O)(O)OCC[N+](C)(C)C. The van der Waals surface area contributed by atoms with Gasteiger partial charge in [-0.05, 0) is 51.4 Å². The number of nitrogens with zero attached hydrogens (tertiary/aromatic N) is 1. The molecule has 0 rings (SSSR count). The first-order chi connectivity index (χ1) is 26.6. The fraction of sp³-hybridized carbons (Fsp3) is 0.804. The number of carbonyl (C=O) groups is 1. The molecule has 2 atom stereocenters. The molecular formula is C46H87NO7P+. The lowest BCUT2D eigenvalue weighted by Crippen LogP contribution is -2.37. The predicted octanol–water partition coefficient (Wildman–Crippen LogP) is 13.2. The number of likely N-dealkylation sites (N-methyl/N-ethyl adjacent to an activating group) is 1. The lowest BCUT2D eigenvalue weighted by atomic mass is 10.0. The van der Waals surface area contributed by atoms with Gasteiger partial charge < -0.3 is 18.9 Å². The van der Waals surface area contributed by atoms with Gasteiger partial charge >= 0.3 is 13.8 Å². The molecule has 0 aromatic rings. The summed E-state index contributed by atoms with van der Waals surface area (Å²) in [5, 5.41) is 0. The number of hydrogen-bond acceptors (Lipinski definition) is 6. The van der Waals surface area contributed by atoms with Gasteiger partial charge in [-0.1, -0.05) is 172 Å². The van der Waals surface area contributed by atoms with Crippen LogP contribution in [0.1, 0.15) is 181 Å². The Bertz CT molecular complexity index is 1020. The van der Waals surface area contributed by atoms with Crippen molar-refractivity contribution in [3.63, 3.8) is 0 Å². The van der Waals surface area contributed by atoms with Gasteiger partial charge in [0.15, 0.2) is 0 Å². The zero-order valence-electron chi connectivity index (χ0n) is 36.4. The minimum absolute atomic E-state index is 0.0831. The molecule has 0 heterocycles. The number of carbonyl (C=O) groups excluding carboxylic acids is 1. The molecule has 0 aliphatic rings. The fourth-order valence-electron chi connectivity index (χ4n) is 5.96. The Kier molecular flexibility index (Phi) is 38.2. The third kappa shape index (κ3) is 43.4. The van der Waals surface area contributed by atoms with E-state index in [1.165, 1.54) is 89.9 Å². The Labute approximate surface area is 339 Å². The minimum Gasteiger partial charge on any atom is -0.457 e. The molecule has 322 valence electrons. The Balaban J connectivity index is 4.27. The predicted molar refractivity (Wildman–Crippen MR) is 233 cm³/mol. The minimum atomic E-state index is -4.28. The maximum atomic E-state index is 12.7. The van der Waals surface area contributed by atoms with Gasteiger partial charge in [0.25, 0.3) is 0 Å². The van der Waals surface area contributed by atoms with Crippen molar-refractivity contribution in [2.75, 3.05) is 54.1 Å². The average molecular weight is 797 g/mol. The molecule has 1 N–H and O–H groups in total. The first-order valence-electron chi connectivity index (χ1n) is 22.4. The molecule has 0 spiro atoms. The third-order valence-electron chi connectivity index (χ3n) is 9.40. The number of phosphoric acid groups is 1.